The van der Waals surface area contributed by atoms with E-state index in [4.69, 9.17) is 4.74 Å². The van der Waals surface area contributed by atoms with Crippen LogP contribution in [0.1, 0.15) is 59.3 Å². The molecule has 1 heterocycles. The van der Waals surface area contributed by atoms with Crippen LogP contribution in [0.2, 0.25) is 0 Å². The van der Waals surface area contributed by atoms with E-state index in [1.807, 2.05) is 11.8 Å². The van der Waals surface area contributed by atoms with E-state index in [2.05, 4.69) is 13.8 Å². The van der Waals surface area contributed by atoms with Gasteiger partial charge in [0, 0.05) is 19.0 Å². The summed E-state index contributed by atoms with van der Waals surface area (Å²) in [6.07, 6.45) is 5.55. The lowest BCUT2D eigenvalue weighted by atomic mass is 9.93. The number of nitrogens with zero attached hydrogens (tertiary/aromatic N) is 1. The molecule has 0 aromatic heterocycles. The monoisotopic (exact) mass is 283 g/mol. The predicted octanol–water partition coefficient (Wildman–Crippen LogP) is 3.00. The van der Waals surface area contributed by atoms with Crippen LogP contribution >= 0.6 is 0 Å². The van der Waals surface area contributed by atoms with Crippen LogP contribution in [-0.2, 0) is 14.3 Å². The van der Waals surface area contributed by atoms with Crippen molar-refractivity contribution in [3.8, 4) is 0 Å². The van der Waals surface area contributed by atoms with Crippen LogP contribution in [0.15, 0.2) is 0 Å². The molecule has 0 saturated carbocycles. The number of rotatable bonds is 7. The molecule has 1 amide bonds. The Bertz CT molecular complexity index is 303. The summed E-state index contributed by atoms with van der Waals surface area (Å²) >= 11 is 0. The number of carbonyl (C=O) groups is 2. The third-order valence-corrected chi connectivity index (χ3v) is 4.05. The fourth-order valence-corrected chi connectivity index (χ4v) is 2.94. The molecule has 116 valence electrons. The summed E-state index contributed by atoms with van der Waals surface area (Å²) in [5.41, 5.74) is 0. The van der Waals surface area contributed by atoms with Crippen molar-refractivity contribution < 1.29 is 14.3 Å². The molecule has 1 fully saturated rings. The van der Waals surface area contributed by atoms with Crippen LogP contribution in [0, 0.1) is 11.8 Å². The van der Waals surface area contributed by atoms with Crippen molar-refractivity contribution in [1.82, 2.24) is 4.90 Å². The highest BCUT2D eigenvalue weighted by molar-refractivity contribution is 5.79. The van der Waals surface area contributed by atoms with Crippen molar-refractivity contribution in [3.63, 3.8) is 0 Å². The Kier molecular flexibility index (Phi) is 7.63. The Hall–Kier alpha value is -1.06. The highest BCUT2D eigenvalue weighted by Crippen LogP contribution is 2.23. The van der Waals surface area contributed by atoms with Crippen molar-refractivity contribution in [2.45, 2.75) is 59.3 Å². The molecule has 4 heteroatoms. The van der Waals surface area contributed by atoms with Crippen LogP contribution in [0.25, 0.3) is 0 Å². The molecule has 4 nitrogen and oxygen atoms in total. The Labute approximate surface area is 122 Å². The summed E-state index contributed by atoms with van der Waals surface area (Å²) in [7, 11) is 0. The molecule has 0 bridgehead atoms. The fourth-order valence-electron chi connectivity index (χ4n) is 2.94. The van der Waals surface area contributed by atoms with Crippen molar-refractivity contribution in [2.75, 3.05) is 19.7 Å². The van der Waals surface area contributed by atoms with E-state index in [0.717, 1.165) is 38.5 Å². The van der Waals surface area contributed by atoms with Crippen molar-refractivity contribution >= 4 is 11.9 Å². The first-order chi connectivity index (χ1) is 9.63. The average molecular weight is 283 g/mol. The molecule has 1 aliphatic rings. The van der Waals surface area contributed by atoms with E-state index in [9.17, 15) is 9.59 Å². The minimum absolute atomic E-state index is 0.0187. The van der Waals surface area contributed by atoms with Gasteiger partial charge in [-0.15, -0.1) is 0 Å². The predicted molar refractivity (Wildman–Crippen MR) is 79.2 cm³/mol. The zero-order valence-corrected chi connectivity index (χ0v) is 13.2. The molecule has 0 spiro atoms. The molecule has 20 heavy (non-hydrogen) atoms. The van der Waals surface area contributed by atoms with E-state index in [0.29, 0.717) is 19.7 Å². The van der Waals surface area contributed by atoms with E-state index in [-0.39, 0.29) is 23.7 Å². The smallest absolute Gasteiger partial charge is 0.309 e. The van der Waals surface area contributed by atoms with Gasteiger partial charge in [-0.1, -0.05) is 26.7 Å². The number of hydrogen-bond acceptors (Lipinski definition) is 3. The third kappa shape index (κ3) is 4.80. The Morgan fingerprint density at radius 2 is 1.65 bits per heavy atom. The molecular formula is C16H29NO3. The first-order valence-corrected chi connectivity index (χ1v) is 8.09. The molecule has 1 saturated heterocycles. The van der Waals surface area contributed by atoms with Gasteiger partial charge in [0.05, 0.1) is 12.5 Å². The fraction of sp³-hybridized carbons (Fsp3) is 0.875. The maximum absolute atomic E-state index is 12.5. The number of esters is 1. The SMILES string of the molecule is CCCC(CCC)C(=O)N1CCC(C(=O)OCC)CC1. The second-order valence-corrected chi connectivity index (χ2v) is 5.63. The third-order valence-electron chi connectivity index (χ3n) is 4.05. The summed E-state index contributed by atoms with van der Waals surface area (Å²) in [6.45, 7) is 7.92. The van der Waals surface area contributed by atoms with Gasteiger partial charge in [0.1, 0.15) is 0 Å². The summed E-state index contributed by atoms with van der Waals surface area (Å²) < 4.78 is 5.06. The number of carbonyl (C=O) groups excluding carboxylic acids is 2. The van der Waals surface area contributed by atoms with Crippen LogP contribution in [0.3, 0.4) is 0 Å². The number of ether oxygens (including phenoxy) is 1. The second kappa shape index (κ2) is 8.98. The van der Waals surface area contributed by atoms with E-state index < -0.39 is 0 Å². The molecule has 1 aliphatic heterocycles. The minimum atomic E-state index is -0.0988. The summed E-state index contributed by atoms with van der Waals surface area (Å²) in [4.78, 5) is 26.1. The average Bonchev–Trinajstić information content (AvgIpc) is 2.47. The number of amides is 1. The zero-order valence-electron chi connectivity index (χ0n) is 13.2. The quantitative estimate of drug-likeness (QED) is 0.675. The molecule has 0 N–H and O–H groups in total. The molecule has 0 aromatic rings. The first-order valence-electron chi connectivity index (χ1n) is 8.09. The second-order valence-electron chi connectivity index (χ2n) is 5.63. The van der Waals surface area contributed by atoms with E-state index in [1.165, 1.54) is 0 Å². The van der Waals surface area contributed by atoms with E-state index >= 15 is 0 Å². The van der Waals surface area contributed by atoms with Gasteiger partial charge < -0.3 is 9.64 Å². The van der Waals surface area contributed by atoms with Gasteiger partial charge in [0.2, 0.25) is 5.91 Å². The highest BCUT2D eigenvalue weighted by atomic mass is 16.5. The normalized spacial score (nSPS) is 16.5. The van der Waals surface area contributed by atoms with Crippen LogP contribution in [0.4, 0.5) is 0 Å². The summed E-state index contributed by atoms with van der Waals surface area (Å²) in [5, 5.41) is 0. The van der Waals surface area contributed by atoms with Crippen molar-refractivity contribution in [2.24, 2.45) is 11.8 Å². The number of piperidine rings is 1. The van der Waals surface area contributed by atoms with Crippen LogP contribution in [0.5, 0.6) is 0 Å². The lowest BCUT2D eigenvalue weighted by molar-refractivity contribution is -0.151. The van der Waals surface area contributed by atoms with Gasteiger partial charge in [-0.25, -0.2) is 0 Å². The molecule has 0 aromatic carbocycles. The van der Waals surface area contributed by atoms with Crippen molar-refractivity contribution in [1.29, 1.82) is 0 Å². The standard InChI is InChI=1S/C16H29NO3/c1-4-7-13(8-5-2)15(18)17-11-9-14(10-12-17)16(19)20-6-3/h13-14H,4-12H2,1-3H3. The zero-order chi connectivity index (χ0) is 15.0. The van der Waals surface area contributed by atoms with Gasteiger partial charge in [0.15, 0.2) is 0 Å². The Balaban J connectivity index is 2.46. The van der Waals surface area contributed by atoms with Crippen LogP contribution < -0.4 is 0 Å². The molecule has 0 aliphatic carbocycles. The van der Waals surface area contributed by atoms with Gasteiger partial charge in [-0.2, -0.15) is 0 Å². The first kappa shape index (κ1) is 17.0. The Morgan fingerprint density at radius 3 is 2.10 bits per heavy atom. The topological polar surface area (TPSA) is 46.6 Å². The summed E-state index contributed by atoms with van der Waals surface area (Å²) in [6, 6.07) is 0. The van der Waals surface area contributed by atoms with Gasteiger partial charge >= 0.3 is 5.97 Å². The number of likely N-dealkylation sites (tertiary alicyclic amines) is 1. The van der Waals surface area contributed by atoms with Gasteiger partial charge in [-0.05, 0) is 32.6 Å². The van der Waals surface area contributed by atoms with Crippen molar-refractivity contribution in [3.05, 3.63) is 0 Å². The summed E-state index contributed by atoms with van der Waals surface area (Å²) in [5.74, 6) is 0.341. The van der Waals surface area contributed by atoms with Gasteiger partial charge in [0.25, 0.3) is 0 Å². The number of hydrogen-bond donors (Lipinski definition) is 0. The molecule has 1 rings (SSSR count). The minimum Gasteiger partial charge on any atom is -0.466 e. The molecular weight excluding hydrogens is 254 g/mol. The molecule has 0 radical (unpaired) electrons. The Morgan fingerprint density at radius 1 is 1.10 bits per heavy atom. The largest absolute Gasteiger partial charge is 0.466 e. The highest BCUT2D eigenvalue weighted by Gasteiger charge is 2.30. The lowest BCUT2D eigenvalue weighted by Gasteiger charge is -2.33. The maximum atomic E-state index is 12.5. The van der Waals surface area contributed by atoms with Crippen LogP contribution in [-0.4, -0.2) is 36.5 Å². The van der Waals surface area contributed by atoms with Gasteiger partial charge in [-0.3, -0.25) is 9.59 Å². The molecule has 0 atom stereocenters. The molecule has 0 unspecified atom stereocenters. The van der Waals surface area contributed by atoms with E-state index in [1.54, 1.807) is 0 Å². The maximum Gasteiger partial charge on any atom is 0.309 e. The lowest BCUT2D eigenvalue weighted by Crippen LogP contribution is -2.43.